The van der Waals surface area contributed by atoms with E-state index in [9.17, 15) is 0 Å². The Bertz CT molecular complexity index is 2720. The molecule has 0 fully saturated rings. The first-order chi connectivity index (χ1) is 24.1. The van der Waals surface area contributed by atoms with E-state index in [4.69, 9.17) is 0 Å². The van der Waals surface area contributed by atoms with Gasteiger partial charge in [-0.05, 0) is 105 Å². The molecule has 9 aromatic carbocycles. The van der Waals surface area contributed by atoms with Crippen LogP contribution < -0.4 is 0 Å². The number of hydrogen-bond acceptors (Lipinski definition) is 0. The molecule has 0 unspecified atom stereocenters. The zero-order valence-corrected chi connectivity index (χ0v) is 27.7. The lowest BCUT2D eigenvalue weighted by Gasteiger charge is -2.23. The van der Waals surface area contributed by atoms with Crippen LogP contribution in [0.4, 0.5) is 0 Å². The summed E-state index contributed by atoms with van der Waals surface area (Å²) >= 11 is 0. The van der Waals surface area contributed by atoms with Gasteiger partial charge in [-0.25, -0.2) is 0 Å². The van der Waals surface area contributed by atoms with Crippen LogP contribution in [-0.2, 0) is 5.41 Å². The molecule has 0 heteroatoms. The second-order valence-electron chi connectivity index (χ2n) is 14.0. The van der Waals surface area contributed by atoms with E-state index < -0.39 is 0 Å². The average molecular weight is 623 g/mol. The molecule has 0 bridgehead atoms. The molecule has 10 rings (SSSR count). The molecule has 0 atom stereocenters. The van der Waals surface area contributed by atoms with E-state index in [0.717, 1.165) is 0 Å². The summed E-state index contributed by atoms with van der Waals surface area (Å²) in [6.45, 7) is 4.78. The van der Waals surface area contributed by atoms with E-state index in [1.54, 1.807) is 0 Å². The van der Waals surface area contributed by atoms with Crippen molar-refractivity contribution in [2.24, 2.45) is 0 Å². The lowest BCUT2D eigenvalue weighted by atomic mass is 9.80. The fourth-order valence-corrected chi connectivity index (χ4v) is 8.79. The predicted octanol–water partition coefficient (Wildman–Crippen LogP) is 13.6. The third kappa shape index (κ3) is 4.04. The van der Waals surface area contributed by atoms with Crippen molar-refractivity contribution in [1.29, 1.82) is 0 Å². The highest BCUT2D eigenvalue weighted by atomic mass is 14.4. The number of hydrogen-bond donors (Lipinski definition) is 0. The molecule has 0 aliphatic heterocycles. The molecule has 49 heavy (non-hydrogen) atoms. The average Bonchev–Trinajstić information content (AvgIpc) is 3.39. The number of benzene rings is 9. The van der Waals surface area contributed by atoms with E-state index in [-0.39, 0.29) is 5.41 Å². The highest BCUT2D eigenvalue weighted by Gasteiger charge is 2.37. The highest BCUT2D eigenvalue weighted by molar-refractivity contribution is 6.24. The Balaban J connectivity index is 1.23. The summed E-state index contributed by atoms with van der Waals surface area (Å²) in [5, 5.41) is 10.3. The molecule has 0 amide bonds. The fraction of sp³-hybridized carbons (Fsp3) is 0.0612. The standard InChI is InChI=1S/C49H34/c1-49(2)44-29-28-36-37(47-41-21-10-8-19-39(41)46(32-15-4-3-5-16-32)40-20-9-11-22-42(40)47)24-13-25-38(36)48(44)43-27-26-33(30-45(43)49)35-23-12-17-31-14-6-7-18-34(31)35/h3-30H,1-2H3. The van der Waals surface area contributed by atoms with E-state index in [2.05, 4.69) is 184 Å². The maximum atomic E-state index is 2.45. The Labute approximate surface area is 286 Å². The Morgan fingerprint density at radius 1 is 0.306 bits per heavy atom. The third-order valence-electron chi connectivity index (χ3n) is 11.1. The van der Waals surface area contributed by atoms with Gasteiger partial charge in [0.1, 0.15) is 0 Å². The molecule has 0 N–H and O–H groups in total. The molecular formula is C49H34. The van der Waals surface area contributed by atoms with Crippen LogP contribution in [-0.4, -0.2) is 0 Å². The first-order valence-electron chi connectivity index (χ1n) is 17.3. The van der Waals surface area contributed by atoms with Gasteiger partial charge in [0, 0.05) is 5.41 Å². The van der Waals surface area contributed by atoms with E-state index in [1.807, 2.05) is 0 Å². The third-order valence-corrected chi connectivity index (χ3v) is 11.1. The van der Waals surface area contributed by atoms with Crippen molar-refractivity contribution in [3.8, 4) is 44.5 Å². The van der Waals surface area contributed by atoms with Crippen molar-refractivity contribution in [3.63, 3.8) is 0 Å². The fourth-order valence-electron chi connectivity index (χ4n) is 8.79. The molecule has 0 nitrogen and oxygen atoms in total. The van der Waals surface area contributed by atoms with Crippen LogP contribution in [0.3, 0.4) is 0 Å². The lowest BCUT2D eigenvalue weighted by molar-refractivity contribution is 0.661. The molecule has 0 saturated carbocycles. The van der Waals surface area contributed by atoms with Gasteiger partial charge in [0.15, 0.2) is 0 Å². The van der Waals surface area contributed by atoms with Gasteiger partial charge in [0.05, 0.1) is 0 Å². The summed E-state index contributed by atoms with van der Waals surface area (Å²) in [5.74, 6) is 0. The Morgan fingerprint density at radius 3 is 1.59 bits per heavy atom. The second-order valence-corrected chi connectivity index (χ2v) is 14.0. The molecule has 1 aliphatic carbocycles. The SMILES string of the molecule is CC1(C)c2cc(-c3cccc4ccccc34)ccc2-c2c1ccc1c(-c3c4ccccc4c(-c4ccccc4)c4ccccc34)cccc21. The quantitative estimate of drug-likeness (QED) is 0.172. The number of fused-ring (bicyclic) bond motifs is 8. The Kier molecular flexibility index (Phi) is 6.02. The molecule has 0 heterocycles. The first kappa shape index (κ1) is 28.1. The summed E-state index contributed by atoms with van der Waals surface area (Å²) in [7, 11) is 0. The molecule has 9 aromatic rings. The summed E-state index contributed by atoms with van der Waals surface area (Å²) in [6, 6.07) is 63.0. The Hall–Kier alpha value is -5.98. The van der Waals surface area contributed by atoms with Gasteiger partial charge in [-0.15, -0.1) is 0 Å². The van der Waals surface area contributed by atoms with Crippen LogP contribution in [0, 0.1) is 0 Å². The van der Waals surface area contributed by atoms with Crippen LogP contribution in [0.5, 0.6) is 0 Å². The van der Waals surface area contributed by atoms with E-state index in [1.165, 1.54) is 98.7 Å². The molecule has 230 valence electrons. The first-order valence-corrected chi connectivity index (χ1v) is 17.3. The van der Waals surface area contributed by atoms with Gasteiger partial charge in [0.2, 0.25) is 0 Å². The van der Waals surface area contributed by atoms with Crippen molar-refractivity contribution in [3.05, 3.63) is 181 Å². The predicted molar refractivity (Wildman–Crippen MR) is 210 cm³/mol. The maximum absolute atomic E-state index is 2.45. The summed E-state index contributed by atoms with van der Waals surface area (Å²) in [4.78, 5) is 0. The van der Waals surface area contributed by atoms with E-state index in [0.29, 0.717) is 0 Å². The van der Waals surface area contributed by atoms with Crippen LogP contribution in [0.1, 0.15) is 25.0 Å². The van der Waals surface area contributed by atoms with Gasteiger partial charge in [-0.2, -0.15) is 0 Å². The monoisotopic (exact) mass is 622 g/mol. The normalized spacial score (nSPS) is 13.3. The Morgan fingerprint density at radius 2 is 0.857 bits per heavy atom. The lowest BCUT2D eigenvalue weighted by Crippen LogP contribution is -2.15. The van der Waals surface area contributed by atoms with Crippen LogP contribution in [0.2, 0.25) is 0 Å². The van der Waals surface area contributed by atoms with Crippen molar-refractivity contribution < 1.29 is 0 Å². The topological polar surface area (TPSA) is 0 Å². The minimum Gasteiger partial charge on any atom is -0.0622 e. The second kappa shape index (κ2) is 10.5. The molecule has 0 radical (unpaired) electrons. The highest BCUT2D eigenvalue weighted by Crippen LogP contribution is 2.54. The smallest absolute Gasteiger partial charge is 0.0159 e. The molecule has 0 saturated heterocycles. The minimum atomic E-state index is -0.119. The maximum Gasteiger partial charge on any atom is 0.0159 e. The van der Waals surface area contributed by atoms with E-state index >= 15 is 0 Å². The number of rotatable bonds is 3. The molecule has 0 spiro atoms. The summed E-state index contributed by atoms with van der Waals surface area (Å²) in [6.07, 6.45) is 0. The molecule has 1 aliphatic rings. The zero-order valence-electron chi connectivity index (χ0n) is 27.7. The summed E-state index contributed by atoms with van der Waals surface area (Å²) in [5.41, 5.74) is 13.1. The van der Waals surface area contributed by atoms with Gasteiger partial charge >= 0.3 is 0 Å². The van der Waals surface area contributed by atoms with Crippen LogP contribution >= 0.6 is 0 Å². The van der Waals surface area contributed by atoms with Gasteiger partial charge < -0.3 is 0 Å². The minimum absolute atomic E-state index is 0.119. The molecule has 0 aromatic heterocycles. The van der Waals surface area contributed by atoms with Gasteiger partial charge in [-0.1, -0.05) is 178 Å². The van der Waals surface area contributed by atoms with Crippen molar-refractivity contribution >= 4 is 43.1 Å². The van der Waals surface area contributed by atoms with Crippen molar-refractivity contribution in [2.75, 3.05) is 0 Å². The van der Waals surface area contributed by atoms with Crippen LogP contribution in [0.15, 0.2) is 170 Å². The largest absolute Gasteiger partial charge is 0.0622 e. The van der Waals surface area contributed by atoms with Crippen molar-refractivity contribution in [1.82, 2.24) is 0 Å². The van der Waals surface area contributed by atoms with Gasteiger partial charge in [-0.3, -0.25) is 0 Å². The van der Waals surface area contributed by atoms with Crippen molar-refractivity contribution in [2.45, 2.75) is 19.3 Å². The van der Waals surface area contributed by atoms with Gasteiger partial charge in [0.25, 0.3) is 0 Å². The molecular weight excluding hydrogens is 589 g/mol. The zero-order chi connectivity index (χ0) is 32.7. The van der Waals surface area contributed by atoms with Crippen LogP contribution in [0.25, 0.3) is 87.6 Å². The summed E-state index contributed by atoms with van der Waals surface area (Å²) < 4.78 is 0.